The van der Waals surface area contributed by atoms with Crippen LogP contribution in [0, 0.1) is 19.8 Å². The number of thiophene rings is 1. The molecule has 0 saturated carbocycles. The number of ether oxygens (including phenoxy) is 1. The summed E-state index contributed by atoms with van der Waals surface area (Å²) in [5.74, 6) is 1.87. The van der Waals surface area contributed by atoms with E-state index in [0.717, 1.165) is 64.6 Å². The molecule has 5 rings (SSSR count). The summed E-state index contributed by atoms with van der Waals surface area (Å²) in [6.07, 6.45) is 3.32. The lowest BCUT2D eigenvalue weighted by molar-refractivity contribution is 0.0527. The van der Waals surface area contributed by atoms with Gasteiger partial charge >= 0.3 is 5.97 Å². The van der Waals surface area contributed by atoms with E-state index < -0.39 is 0 Å². The van der Waals surface area contributed by atoms with Crippen molar-refractivity contribution in [3.63, 3.8) is 0 Å². The van der Waals surface area contributed by atoms with Gasteiger partial charge in [-0.2, -0.15) is 0 Å². The van der Waals surface area contributed by atoms with E-state index in [1.807, 2.05) is 45.0 Å². The Morgan fingerprint density at radius 3 is 2.39 bits per heavy atom. The Balaban J connectivity index is 1.44. The molecule has 2 aromatic heterocycles. The Morgan fingerprint density at radius 1 is 1.03 bits per heavy atom. The Hall–Kier alpha value is -3.45. The van der Waals surface area contributed by atoms with Crippen molar-refractivity contribution in [2.24, 2.45) is 5.92 Å². The molecule has 7 heteroatoms. The molecule has 1 saturated heterocycles. The lowest BCUT2D eigenvalue weighted by Crippen LogP contribution is -2.35. The molecule has 1 fully saturated rings. The normalized spacial score (nSPS) is 14.2. The zero-order valence-electron chi connectivity index (χ0n) is 21.1. The predicted molar refractivity (Wildman–Crippen MR) is 148 cm³/mol. The maximum atomic E-state index is 12.8. The average Bonchev–Trinajstić information content (AvgIpc) is 3.17. The predicted octanol–water partition coefficient (Wildman–Crippen LogP) is 6.69. The Morgan fingerprint density at radius 2 is 1.69 bits per heavy atom. The van der Waals surface area contributed by atoms with Gasteiger partial charge in [0, 0.05) is 18.0 Å². The highest BCUT2D eigenvalue weighted by atomic mass is 32.1. The number of carbonyl (C=O) groups excluding carboxylic acids is 1. The van der Waals surface area contributed by atoms with Crippen LogP contribution in [0.1, 0.15) is 46.1 Å². The van der Waals surface area contributed by atoms with Crippen molar-refractivity contribution >= 4 is 45.0 Å². The van der Waals surface area contributed by atoms with Crippen LogP contribution in [0.3, 0.4) is 0 Å². The summed E-state index contributed by atoms with van der Waals surface area (Å²) in [7, 11) is 0. The highest BCUT2D eigenvalue weighted by Gasteiger charge is 2.26. The lowest BCUT2D eigenvalue weighted by atomic mass is 9.90. The number of nitrogens with zero attached hydrogens (tertiary/aromatic N) is 3. The van der Waals surface area contributed by atoms with Gasteiger partial charge in [-0.15, -0.1) is 11.3 Å². The molecule has 186 valence electrons. The van der Waals surface area contributed by atoms with Crippen LogP contribution in [0.2, 0.25) is 0 Å². The second kappa shape index (κ2) is 10.7. The molecule has 1 aliphatic heterocycles. The number of fused-ring (bicyclic) bond motifs is 1. The van der Waals surface area contributed by atoms with Crippen LogP contribution in [-0.4, -0.2) is 35.6 Å². The van der Waals surface area contributed by atoms with Crippen molar-refractivity contribution in [2.75, 3.05) is 29.9 Å². The highest BCUT2D eigenvalue weighted by Crippen LogP contribution is 2.38. The summed E-state index contributed by atoms with van der Waals surface area (Å²) in [4.78, 5) is 26.2. The highest BCUT2D eigenvalue weighted by molar-refractivity contribution is 7.16. The molecule has 1 N–H and O–H groups in total. The van der Waals surface area contributed by atoms with Crippen molar-refractivity contribution in [1.82, 2.24) is 9.97 Å². The number of aromatic nitrogens is 2. The number of rotatable bonds is 7. The number of esters is 1. The number of benzene rings is 2. The standard InChI is InChI=1S/C29H32N4O2S/c1-4-35-29(34)25-19(2)20(3)36-28(25)32-26-27(31-24-13-9-8-12-23(24)30-26)33-16-14-22(15-17-33)18-21-10-6-5-7-11-21/h5-13,22H,4,14-18H2,1-3H3,(H,30,32). The summed E-state index contributed by atoms with van der Waals surface area (Å²) in [6, 6.07) is 18.7. The van der Waals surface area contributed by atoms with Gasteiger partial charge in [-0.05, 0) is 69.2 Å². The van der Waals surface area contributed by atoms with E-state index in [9.17, 15) is 4.79 Å². The van der Waals surface area contributed by atoms with E-state index >= 15 is 0 Å². The third kappa shape index (κ3) is 5.07. The van der Waals surface area contributed by atoms with Gasteiger partial charge in [0.2, 0.25) is 0 Å². The molecule has 36 heavy (non-hydrogen) atoms. The number of carbonyl (C=O) groups is 1. The van der Waals surface area contributed by atoms with Crippen LogP contribution >= 0.6 is 11.3 Å². The Bertz CT molecular complexity index is 1360. The fourth-order valence-electron chi connectivity index (χ4n) is 4.86. The first-order valence-electron chi connectivity index (χ1n) is 12.6. The van der Waals surface area contributed by atoms with Gasteiger partial charge in [0.15, 0.2) is 11.6 Å². The number of nitrogens with one attached hydrogen (secondary N) is 1. The molecule has 0 spiro atoms. The molecular formula is C29H32N4O2S. The SMILES string of the molecule is CCOC(=O)c1c(Nc2nc3ccccc3nc2N2CCC(Cc3ccccc3)CC2)sc(C)c1C. The number of aryl methyl sites for hydroxylation is 1. The first-order chi connectivity index (χ1) is 17.5. The molecule has 0 unspecified atom stereocenters. The molecule has 0 amide bonds. The summed E-state index contributed by atoms with van der Waals surface area (Å²) in [5, 5.41) is 4.24. The summed E-state index contributed by atoms with van der Waals surface area (Å²) in [6.45, 7) is 8.00. The third-order valence-corrected chi connectivity index (χ3v) is 8.05. The third-order valence-electron chi connectivity index (χ3n) is 6.93. The molecule has 0 aliphatic carbocycles. The van der Waals surface area contributed by atoms with Crippen molar-refractivity contribution in [3.8, 4) is 0 Å². The van der Waals surface area contributed by atoms with Gasteiger partial charge in [0.05, 0.1) is 23.2 Å². The zero-order chi connectivity index (χ0) is 25.1. The maximum Gasteiger partial charge on any atom is 0.341 e. The second-order valence-electron chi connectivity index (χ2n) is 9.34. The number of anilines is 3. The van der Waals surface area contributed by atoms with Crippen LogP contribution in [0.25, 0.3) is 11.0 Å². The van der Waals surface area contributed by atoms with Crippen LogP contribution in [0.5, 0.6) is 0 Å². The topological polar surface area (TPSA) is 67.3 Å². The van der Waals surface area contributed by atoms with Gasteiger partial charge in [-0.25, -0.2) is 14.8 Å². The average molecular weight is 501 g/mol. The zero-order valence-corrected chi connectivity index (χ0v) is 21.9. The molecule has 2 aromatic carbocycles. The molecular weight excluding hydrogens is 468 g/mol. The smallest absolute Gasteiger partial charge is 0.341 e. The minimum Gasteiger partial charge on any atom is -0.462 e. The van der Waals surface area contributed by atoms with Gasteiger partial charge in [-0.1, -0.05) is 42.5 Å². The van der Waals surface area contributed by atoms with Crippen LogP contribution < -0.4 is 10.2 Å². The monoisotopic (exact) mass is 500 g/mol. The van der Waals surface area contributed by atoms with E-state index in [-0.39, 0.29) is 5.97 Å². The van der Waals surface area contributed by atoms with Gasteiger partial charge in [0.25, 0.3) is 0 Å². The van der Waals surface area contributed by atoms with E-state index in [1.165, 1.54) is 5.56 Å². The van der Waals surface area contributed by atoms with Gasteiger partial charge in [-0.3, -0.25) is 0 Å². The second-order valence-corrected chi connectivity index (χ2v) is 10.6. The summed E-state index contributed by atoms with van der Waals surface area (Å²) < 4.78 is 5.36. The molecule has 0 bridgehead atoms. The Labute approximate surface area is 216 Å². The maximum absolute atomic E-state index is 12.8. The van der Waals surface area contributed by atoms with Crippen LogP contribution in [0.15, 0.2) is 54.6 Å². The van der Waals surface area contributed by atoms with E-state index in [2.05, 4.69) is 40.5 Å². The van der Waals surface area contributed by atoms with Gasteiger partial charge < -0.3 is 15.0 Å². The first-order valence-corrected chi connectivity index (χ1v) is 13.4. The molecule has 3 heterocycles. The van der Waals surface area contributed by atoms with Crippen LogP contribution in [0.4, 0.5) is 16.6 Å². The molecule has 6 nitrogen and oxygen atoms in total. The van der Waals surface area contributed by atoms with E-state index in [1.54, 1.807) is 11.3 Å². The van der Waals surface area contributed by atoms with Crippen molar-refractivity contribution in [2.45, 2.75) is 40.0 Å². The Kier molecular flexibility index (Phi) is 7.18. The number of para-hydroxylation sites is 2. The van der Waals surface area contributed by atoms with Crippen LogP contribution in [-0.2, 0) is 11.2 Å². The number of piperidine rings is 1. The summed E-state index contributed by atoms with van der Waals surface area (Å²) in [5.41, 5.74) is 4.62. The van der Waals surface area contributed by atoms with Crippen molar-refractivity contribution in [1.29, 1.82) is 0 Å². The molecule has 0 atom stereocenters. The fraction of sp³-hybridized carbons (Fsp3) is 0.345. The number of hydrogen-bond donors (Lipinski definition) is 1. The quantitative estimate of drug-likeness (QED) is 0.285. The number of hydrogen-bond acceptors (Lipinski definition) is 7. The first kappa shape index (κ1) is 24.3. The minimum atomic E-state index is -0.307. The van der Waals surface area contributed by atoms with E-state index in [0.29, 0.717) is 23.9 Å². The van der Waals surface area contributed by atoms with E-state index in [4.69, 9.17) is 14.7 Å². The lowest BCUT2D eigenvalue weighted by Gasteiger charge is -2.33. The molecule has 1 aliphatic rings. The van der Waals surface area contributed by atoms with Crippen molar-refractivity contribution in [3.05, 3.63) is 76.2 Å². The molecule has 4 aromatic rings. The van der Waals surface area contributed by atoms with Gasteiger partial charge in [0.1, 0.15) is 5.00 Å². The molecule has 0 radical (unpaired) electrons. The van der Waals surface area contributed by atoms with Crippen molar-refractivity contribution < 1.29 is 9.53 Å². The fourth-order valence-corrected chi connectivity index (χ4v) is 5.91. The largest absolute Gasteiger partial charge is 0.462 e. The summed E-state index contributed by atoms with van der Waals surface area (Å²) >= 11 is 1.55. The minimum absolute atomic E-state index is 0.307.